The Labute approximate surface area is 214 Å². The Hall–Kier alpha value is -0.880. The molecule has 32 heavy (non-hydrogen) atoms. The summed E-state index contributed by atoms with van der Waals surface area (Å²) in [5.74, 6) is -0.188. The molecule has 1 aromatic heterocycles. The summed E-state index contributed by atoms with van der Waals surface area (Å²) >= 11 is 3.15. The van der Waals surface area contributed by atoms with Gasteiger partial charge in [0.2, 0.25) is 1.68 Å². The largest absolute Gasteiger partial charge is 0.380 e. The molecule has 1 aromatic carbocycles. The van der Waals surface area contributed by atoms with Crippen molar-refractivity contribution in [3.05, 3.63) is 65.2 Å². The molecule has 2 aliphatic rings. The molecule has 4 rings (SSSR count). The van der Waals surface area contributed by atoms with Crippen molar-refractivity contribution in [3.63, 3.8) is 0 Å². The van der Waals surface area contributed by atoms with Crippen LogP contribution in [-0.4, -0.2) is 34.7 Å². The van der Waals surface area contributed by atoms with E-state index >= 15 is 0 Å². The van der Waals surface area contributed by atoms with Crippen LogP contribution in [0.25, 0.3) is 0 Å². The summed E-state index contributed by atoms with van der Waals surface area (Å²) in [5.41, 5.74) is -0.172. The number of carbonyl (C=O) groups is 1. The van der Waals surface area contributed by atoms with Gasteiger partial charge < -0.3 is 10.0 Å². The van der Waals surface area contributed by atoms with E-state index in [9.17, 15) is 18.7 Å². The highest BCUT2D eigenvalue weighted by atomic mass is 127. The number of hydrogen-bond acceptors (Lipinski definition) is 3. The van der Waals surface area contributed by atoms with Gasteiger partial charge in [-0.2, -0.15) is 0 Å². The summed E-state index contributed by atoms with van der Waals surface area (Å²) in [6.07, 6.45) is 6.90. The molecule has 0 saturated heterocycles. The summed E-state index contributed by atoms with van der Waals surface area (Å²) in [4.78, 5) is 19.7. The van der Waals surface area contributed by atoms with Crippen LogP contribution >= 0.6 is 45.2 Å². The first-order valence-corrected chi connectivity index (χ1v) is 13.1. The molecule has 2 aromatic rings. The second-order valence-corrected chi connectivity index (χ2v) is 14.0. The summed E-state index contributed by atoms with van der Waals surface area (Å²) < 4.78 is 26.7. The summed E-state index contributed by atoms with van der Waals surface area (Å²) in [5, 5.41) is 10.6. The molecule has 2 fully saturated rings. The fourth-order valence-corrected chi connectivity index (χ4v) is 5.18. The first-order chi connectivity index (χ1) is 15.1. The van der Waals surface area contributed by atoms with Crippen molar-refractivity contribution >= 4 is 51.1 Å². The Balaban J connectivity index is 1.47. The molecule has 2 aliphatic carbocycles. The van der Waals surface area contributed by atoms with Crippen molar-refractivity contribution in [2.45, 2.75) is 70.7 Å². The molecule has 0 spiro atoms. The highest BCUT2D eigenvalue weighted by molar-refractivity contribution is 14.2. The minimum absolute atomic E-state index is 0.0263. The maximum absolute atomic E-state index is 14.4. The van der Waals surface area contributed by atoms with Crippen LogP contribution in [0.15, 0.2) is 42.6 Å². The standard InChI is InChI=1S/C24H26F2I2N2O2/c1-23(32,24(26,27)28)17-8-4-16(5-9-17)22(31)30(19-12-13-19)18-10-6-15(7-11-18)21-20(25)3-2-14-29-21/h2-5,8-9,14-15,18-19,32H,6-7,10-13H2,1H3/t15?,18?,23-/m0/s1. The first kappa shape index (κ1) is 24.3. The lowest BCUT2D eigenvalue weighted by Crippen LogP contribution is -2.44. The molecule has 1 heterocycles. The SMILES string of the molecule is C[C@](O)(c1ccc(C(=O)N(C2CCC(c3ncccc3F)CC2)C2CC2)cc1)C(F)(I)I. The van der Waals surface area contributed by atoms with E-state index in [2.05, 4.69) is 4.98 Å². The van der Waals surface area contributed by atoms with Gasteiger partial charge in [-0.15, -0.1) is 0 Å². The van der Waals surface area contributed by atoms with Crippen molar-refractivity contribution < 1.29 is 18.7 Å². The molecule has 2 saturated carbocycles. The molecule has 0 aliphatic heterocycles. The average Bonchev–Trinajstić information content (AvgIpc) is 3.59. The lowest BCUT2D eigenvalue weighted by atomic mass is 9.82. The van der Waals surface area contributed by atoms with Gasteiger partial charge in [0.25, 0.3) is 5.91 Å². The molecule has 0 unspecified atom stereocenters. The quantitative estimate of drug-likeness (QED) is 0.293. The van der Waals surface area contributed by atoms with Crippen molar-refractivity contribution in [2.24, 2.45) is 0 Å². The van der Waals surface area contributed by atoms with E-state index < -0.39 is 7.28 Å². The van der Waals surface area contributed by atoms with Gasteiger partial charge in [0.05, 0.1) is 5.69 Å². The summed E-state index contributed by atoms with van der Waals surface area (Å²) in [6.45, 7) is 1.43. The monoisotopic (exact) mass is 666 g/mol. The minimum atomic E-state index is -1.88. The summed E-state index contributed by atoms with van der Waals surface area (Å²) in [6, 6.07) is 10.1. The summed E-state index contributed by atoms with van der Waals surface area (Å²) in [7, 11) is 0. The van der Waals surface area contributed by atoms with E-state index in [-0.39, 0.29) is 29.7 Å². The van der Waals surface area contributed by atoms with Crippen LogP contribution in [0.4, 0.5) is 8.78 Å². The van der Waals surface area contributed by atoms with Gasteiger partial charge in [-0.1, -0.05) is 12.1 Å². The Morgan fingerprint density at radius 1 is 1.06 bits per heavy atom. The maximum atomic E-state index is 14.4. The van der Waals surface area contributed by atoms with Crippen LogP contribution in [-0.2, 0) is 5.60 Å². The molecule has 0 radical (unpaired) electrons. The normalized spacial score (nSPS) is 23.4. The second kappa shape index (κ2) is 9.40. The highest BCUT2D eigenvalue weighted by Crippen LogP contribution is 2.46. The van der Waals surface area contributed by atoms with Gasteiger partial charge in [-0.3, -0.25) is 9.78 Å². The van der Waals surface area contributed by atoms with Crippen LogP contribution in [0.3, 0.4) is 0 Å². The molecule has 8 heteroatoms. The van der Waals surface area contributed by atoms with Gasteiger partial charge in [-0.05, 0) is 120 Å². The van der Waals surface area contributed by atoms with Gasteiger partial charge >= 0.3 is 0 Å². The van der Waals surface area contributed by atoms with E-state index in [1.165, 1.54) is 13.0 Å². The average molecular weight is 666 g/mol. The predicted octanol–water partition coefficient (Wildman–Crippen LogP) is 6.25. The second-order valence-electron chi connectivity index (χ2n) is 8.97. The van der Waals surface area contributed by atoms with E-state index in [0.717, 1.165) is 38.5 Å². The fraction of sp³-hybridized carbons (Fsp3) is 0.500. The molecule has 172 valence electrons. The maximum Gasteiger partial charge on any atom is 0.254 e. The first-order valence-electron chi connectivity index (χ1n) is 10.9. The zero-order chi connectivity index (χ0) is 23.1. The zero-order valence-corrected chi connectivity index (χ0v) is 22.1. The van der Waals surface area contributed by atoms with Gasteiger partial charge in [0.1, 0.15) is 11.4 Å². The van der Waals surface area contributed by atoms with E-state index in [0.29, 0.717) is 16.8 Å². The zero-order valence-electron chi connectivity index (χ0n) is 17.8. The number of aromatic nitrogens is 1. The van der Waals surface area contributed by atoms with Crippen molar-refractivity contribution in [2.75, 3.05) is 0 Å². The molecule has 1 atom stereocenters. The minimum Gasteiger partial charge on any atom is -0.380 e. The van der Waals surface area contributed by atoms with Crippen LogP contribution < -0.4 is 0 Å². The highest BCUT2D eigenvalue weighted by Gasteiger charge is 2.45. The number of aliphatic hydroxyl groups is 1. The number of rotatable bonds is 6. The van der Waals surface area contributed by atoms with E-state index in [4.69, 9.17) is 0 Å². The number of halogens is 4. The Kier molecular flexibility index (Phi) is 7.13. The number of carbonyl (C=O) groups excluding carboxylic acids is 1. The number of amides is 1. The fourth-order valence-electron chi connectivity index (χ4n) is 4.56. The third-order valence-electron chi connectivity index (χ3n) is 6.68. The lowest BCUT2D eigenvalue weighted by Gasteiger charge is -2.37. The molecular formula is C24H26F2I2N2O2. The Morgan fingerprint density at radius 3 is 2.12 bits per heavy atom. The number of alkyl halides is 3. The molecule has 1 amide bonds. The van der Waals surface area contributed by atoms with Gasteiger partial charge in [0.15, 0.2) is 0 Å². The number of hydrogen-bond donors (Lipinski definition) is 1. The molecule has 1 N–H and O–H groups in total. The van der Waals surface area contributed by atoms with Crippen molar-refractivity contribution in [1.29, 1.82) is 0 Å². The van der Waals surface area contributed by atoms with Gasteiger partial charge in [0, 0.05) is 29.8 Å². The Bertz CT molecular complexity index is 967. The number of benzene rings is 1. The van der Waals surface area contributed by atoms with Crippen LogP contribution in [0, 0.1) is 5.82 Å². The topological polar surface area (TPSA) is 53.4 Å². The predicted molar refractivity (Wildman–Crippen MR) is 136 cm³/mol. The van der Waals surface area contributed by atoms with Crippen LogP contribution in [0.5, 0.6) is 0 Å². The van der Waals surface area contributed by atoms with Crippen LogP contribution in [0.2, 0.25) is 0 Å². The molecule has 4 nitrogen and oxygen atoms in total. The van der Waals surface area contributed by atoms with Gasteiger partial charge in [-0.25, -0.2) is 8.78 Å². The van der Waals surface area contributed by atoms with E-state index in [1.807, 2.05) is 4.90 Å². The van der Waals surface area contributed by atoms with E-state index in [1.54, 1.807) is 81.7 Å². The van der Waals surface area contributed by atoms with Crippen molar-refractivity contribution in [3.8, 4) is 0 Å². The smallest absolute Gasteiger partial charge is 0.254 e. The third kappa shape index (κ3) is 4.96. The number of nitrogens with zero attached hydrogens (tertiary/aromatic N) is 2. The van der Waals surface area contributed by atoms with Crippen molar-refractivity contribution in [1.82, 2.24) is 9.88 Å². The van der Waals surface area contributed by atoms with Crippen LogP contribution in [0.1, 0.15) is 73.0 Å². The number of pyridine rings is 1. The Morgan fingerprint density at radius 2 is 1.62 bits per heavy atom. The molecular weight excluding hydrogens is 640 g/mol. The molecule has 0 bridgehead atoms. The lowest BCUT2D eigenvalue weighted by molar-refractivity contribution is 0.0140. The third-order valence-corrected chi connectivity index (χ3v) is 8.79.